The molecule has 180 valence electrons. The summed E-state index contributed by atoms with van der Waals surface area (Å²) in [6.07, 6.45) is 5.68. The van der Waals surface area contributed by atoms with Crippen molar-refractivity contribution < 1.29 is 17.9 Å². The van der Waals surface area contributed by atoms with Gasteiger partial charge < -0.3 is 25.7 Å². The molecule has 4 N–H and O–H groups in total. The molecule has 0 saturated carbocycles. The highest BCUT2D eigenvalue weighted by atomic mass is 32.2. The molecule has 3 aromatic heterocycles. The Bertz CT molecular complexity index is 1470. The van der Waals surface area contributed by atoms with Gasteiger partial charge in [0.05, 0.1) is 23.0 Å². The number of ether oxygens (including phenoxy) is 1. The summed E-state index contributed by atoms with van der Waals surface area (Å²) >= 11 is 0. The molecule has 0 spiro atoms. The maximum atomic E-state index is 11.6. The summed E-state index contributed by atoms with van der Waals surface area (Å²) in [6, 6.07) is 12.2. The third-order valence-electron chi connectivity index (χ3n) is 4.68. The van der Waals surface area contributed by atoms with Crippen molar-refractivity contribution in [3.63, 3.8) is 0 Å². The van der Waals surface area contributed by atoms with Crippen molar-refractivity contribution in [2.75, 3.05) is 34.5 Å². The Labute approximate surface area is 201 Å². The number of pyridine rings is 1. The lowest BCUT2D eigenvalue weighted by Crippen LogP contribution is -2.14. The maximum Gasteiger partial charge on any atom is 0.247 e. The van der Waals surface area contributed by atoms with Crippen molar-refractivity contribution in [3.05, 3.63) is 67.5 Å². The number of sulfone groups is 1. The first kappa shape index (κ1) is 23.7. The Morgan fingerprint density at radius 2 is 2.03 bits per heavy atom. The maximum absolute atomic E-state index is 11.6. The first-order valence-corrected chi connectivity index (χ1v) is 12.6. The minimum absolute atomic E-state index is 0.0188. The van der Waals surface area contributed by atoms with Gasteiger partial charge in [0.1, 0.15) is 27.1 Å². The van der Waals surface area contributed by atoms with E-state index in [1.165, 1.54) is 12.3 Å². The van der Waals surface area contributed by atoms with Crippen LogP contribution in [0.3, 0.4) is 0 Å². The van der Waals surface area contributed by atoms with Crippen LogP contribution in [0.2, 0.25) is 0 Å². The van der Waals surface area contributed by atoms with Crippen molar-refractivity contribution in [3.8, 4) is 11.6 Å². The quantitative estimate of drug-likeness (QED) is 0.243. The number of aromatic amines is 1. The standard InChI is InChI=1S/C23H23N7O4S/c1-3-20(31)27-15-5-4-6-17(13-15)34-22-18-9-10-25-21(18)29-23(30-22)28-16-7-8-19(26-14-16)24-11-12-35(2,32)33/h3-10,13-14H,1,11-12H2,2H3,(H,24,26)(H,27,31)(H2,25,28,29,30). The summed E-state index contributed by atoms with van der Waals surface area (Å²) in [7, 11) is -3.05. The molecule has 0 fully saturated rings. The number of aromatic nitrogens is 4. The summed E-state index contributed by atoms with van der Waals surface area (Å²) in [5, 5.41) is 9.42. The Hall–Kier alpha value is -4.45. The van der Waals surface area contributed by atoms with E-state index in [0.717, 1.165) is 0 Å². The van der Waals surface area contributed by atoms with Gasteiger partial charge in [0.25, 0.3) is 0 Å². The highest BCUT2D eigenvalue weighted by Crippen LogP contribution is 2.30. The van der Waals surface area contributed by atoms with Crippen LogP contribution < -0.4 is 20.7 Å². The second kappa shape index (κ2) is 10.2. The molecule has 12 heteroatoms. The zero-order valence-electron chi connectivity index (χ0n) is 18.8. The normalized spacial score (nSPS) is 11.1. The molecule has 0 bridgehead atoms. The predicted molar refractivity (Wildman–Crippen MR) is 135 cm³/mol. The molecule has 0 saturated heterocycles. The SMILES string of the molecule is C=CC(=O)Nc1cccc(Oc2nc(Nc3ccc(NCCS(C)(=O)=O)nc3)nc3[nH]ccc23)c1. The zero-order valence-corrected chi connectivity index (χ0v) is 19.6. The van der Waals surface area contributed by atoms with E-state index in [9.17, 15) is 13.2 Å². The predicted octanol–water partition coefficient (Wildman–Crippen LogP) is 3.47. The molecule has 0 aliphatic rings. The first-order valence-electron chi connectivity index (χ1n) is 10.5. The Morgan fingerprint density at radius 3 is 2.77 bits per heavy atom. The average Bonchev–Trinajstić information content (AvgIpc) is 3.29. The van der Waals surface area contributed by atoms with Gasteiger partial charge >= 0.3 is 0 Å². The highest BCUT2D eigenvalue weighted by Gasteiger charge is 2.12. The molecule has 0 aliphatic heterocycles. The van der Waals surface area contributed by atoms with Crippen LogP contribution in [-0.2, 0) is 14.6 Å². The molecule has 0 atom stereocenters. The van der Waals surface area contributed by atoms with Crippen LogP contribution in [0, 0.1) is 0 Å². The van der Waals surface area contributed by atoms with E-state index in [0.29, 0.717) is 39.9 Å². The molecular weight excluding hydrogens is 470 g/mol. The smallest absolute Gasteiger partial charge is 0.247 e. The monoisotopic (exact) mass is 493 g/mol. The number of benzene rings is 1. The summed E-state index contributed by atoms with van der Waals surface area (Å²) in [6.45, 7) is 3.71. The molecule has 0 unspecified atom stereocenters. The van der Waals surface area contributed by atoms with Crippen molar-refractivity contribution in [2.24, 2.45) is 0 Å². The largest absolute Gasteiger partial charge is 0.438 e. The van der Waals surface area contributed by atoms with Crippen LogP contribution in [0.25, 0.3) is 11.0 Å². The van der Waals surface area contributed by atoms with Gasteiger partial charge in [0, 0.05) is 30.8 Å². The van der Waals surface area contributed by atoms with Gasteiger partial charge in [-0.2, -0.15) is 9.97 Å². The van der Waals surface area contributed by atoms with E-state index < -0.39 is 9.84 Å². The number of hydrogen-bond donors (Lipinski definition) is 4. The van der Waals surface area contributed by atoms with Crippen molar-refractivity contribution >= 4 is 49.9 Å². The fraction of sp³-hybridized carbons (Fsp3) is 0.130. The minimum atomic E-state index is -3.05. The van der Waals surface area contributed by atoms with E-state index in [2.05, 4.69) is 42.5 Å². The lowest BCUT2D eigenvalue weighted by molar-refractivity contribution is -0.111. The van der Waals surface area contributed by atoms with Gasteiger partial charge in [0.2, 0.25) is 17.7 Å². The van der Waals surface area contributed by atoms with Crippen LogP contribution in [0.4, 0.5) is 23.1 Å². The fourth-order valence-electron chi connectivity index (χ4n) is 3.05. The number of carbonyl (C=O) groups excluding carboxylic acids is 1. The number of H-pyrrole nitrogens is 1. The number of nitrogens with one attached hydrogen (secondary N) is 4. The minimum Gasteiger partial charge on any atom is -0.438 e. The van der Waals surface area contributed by atoms with Crippen LogP contribution in [0.5, 0.6) is 11.6 Å². The molecule has 35 heavy (non-hydrogen) atoms. The zero-order chi connectivity index (χ0) is 24.8. The summed E-state index contributed by atoms with van der Waals surface area (Å²) in [4.78, 5) is 27.9. The van der Waals surface area contributed by atoms with E-state index in [4.69, 9.17) is 4.74 Å². The van der Waals surface area contributed by atoms with Crippen molar-refractivity contribution in [1.82, 2.24) is 19.9 Å². The number of rotatable bonds is 10. The van der Waals surface area contributed by atoms with Crippen LogP contribution in [-0.4, -0.2) is 52.8 Å². The van der Waals surface area contributed by atoms with Gasteiger partial charge in [-0.1, -0.05) is 12.6 Å². The molecule has 4 rings (SSSR count). The second-order valence-electron chi connectivity index (χ2n) is 7.53. The topological polar surface area (TPSA) is 151 Å². The molecule has 0 aliphatic carbocycles. The lowest BCUT2D eigenvalue weighted by atomic mass is 10.3. The fourth-order valence-corrected chi connectivity index (χ4v) is 3.53. The Balaban J connectivity index is 1.50. The lowest BCUT2D eigenvalue weighted by Gasteiger charge is -2.11. The van der Waals surface area contributed by atoms with Crippen molar-refractivity contribution in [2.45, 2.75) is 0 Å². The number of hydrogen-bond acceptors (Lipinski definition) is 9. The summed E-state index contributed by atoms with van der Waals surface area (Å²) < 4.78 is 28.5. The van der Waals surface area contributed by atoms with Gasteiger partial charge in [0.15, 0.2) is 0 Å². The average molecular weight is 494 g/mol. The Morgan fingerprint density at radius 1 is 1.17 bits per heavy atom. The number of amides is 1. The van der Waals surface area contributed by atoms with Crippen LogP contribution in [0.15, 0.2) is 67.5 Å². The second-order valence-corrected chi connectivity index (χ2v) is 9.79. The molecule has 1 amide bonds. The number of fused-ring (bicyclic) bond motifs is 1. The molecule has 1 aromatic carbocycles. The van der Waals surface area contributed by atoms with Gasteiger partial charge in [-0.15, -0.1) is 0 Å². The third kappa shape index (κ3) is 6.54. The molecule has 0 radical (unpaired) electrons. The van der Waals surface area contributed by atoms with E-state index in [1.54, 1.807) is 54.9 Å². The molecule has 3 heterocycles. The number of anilines is 4. The van der Waals surface area contributed by atoms with Crippen LogP contribution in [0.1, 0.15) is 0 Å². The highest BCUT2D eigenvalue weighted by molar-refractivity contribution is 7.90. The van der Waals surface area contributed by atoms with E-state index in [1.807, 2.05) is 0 Å². The van der Waals surface area contributed by atoms with Crippen LogP contribution >= 0.6 is 0 Å². The molecular formula is C23H23N7O4S. The van der Waals surface area contributed by atoms with E-state index in [-0.39, 0.29) is 24.2 Å². The summed E-state index contributed by atoms with van der Waals surface area (Å²) in [5.74, 6) is 1.32. The van der Waals surface area contributed by atoms with Crippen molar-refractivity contribution in [1.29, 1.82) is 0 Å². The number of nitrogens with zero attached hydrogens (tertiary/aromatic N) is 3. The van der Waals surface area contributed by atoms with E-state index >= 15 is 0 Å². The number of carbonyl (C=O) groups is 1. The molecule has 4 aromatic rings. The third-order valence-corrected chi connectivity index (χ3v) is 5.63. The summed E-state index contributed by atoms with van der Waals surface area (Å²) in [5.41, 5.74) is 1.76. The Kier molecular flexibility index (Phi) is 6.92. The first-order chi connectivity index (χ1) is 16.8. The molecule has 11 nitrogen and oxygen atoms in total. The van der Waals surface area contributed by atoms with Gasteiger partial charge in [-0.3, -0.25) is 4.79 Å². The van der Waals surface area contributed by atoms with Gasteiger partial charge in [-0.05, 0) is 36.4 Å². The van der Waals surface area contributed by atoms with Gasteiger partial charge in [-0.25, -0.2) is 13.4 Å².